The van der Waals surface area contributed by atoms with E-state index in [0.29, 0.717) is 19.1 Å². The Morgan fingerprint density at radius 3 is 2.37 bits per heavy atom. The van der Waals surface area contributed by atoms with Crippen molar-refractivity contribution in [2.75, 3.05) is 13.2 Å². The van der Waals surface area contributed by atoms with Crippen LogP contribution in [0.2, 0.25) is 0 Å². The van der Waals surface area contributed by atoms with Crippen molar-refractivity contribution in [3.8, 4) is 0 Å². The van der Waals surface area contributed by atoms with Crippen molar-refractivity contribution >= 4 is 12.1 Å². The van der Waals surface area contributed by atoms with Crippen molar-refractivity contribution in [2.24, 2.45) is 5.92 Å². The molecule has 0 saturated carbocycles. The molecule has 5 heteroatoms. The van der Waals surface area contributed by atoms with Crippen molar-refractivity contribution in [1.29, 1.82) is 0 Å². The van der Waals surface area contributed by atoms with E-state index < -0.39 is 18.1 Å². The van der Waals surface area contributed by atoms with Crippen LogP contribution in [0, 0.1) is 5.92 Å². The van der Waals surface area contributed by atoms with Gasteiger partial charge in [0.05, 0.1) is 13.2 Å². The molecule has 0 aromatic rings. The van der Waals surface area contributed by atoms with E-state index in [0.717, 1.165) is 25.7 Å². The van der Waals surface area contributed by atoms with Gasteiger partial charge in [-0.15, -0.1) is 0 Å². The molecule has 0 aromatic heterocycles. The second-order valence-corrected chi connectivity index (χ2v) is 4.63. The molecule has 1 amide bonds. The van der Waals surface area contributed by atoms with Crippen LogP contribution in [-0.2, 0) is 14.3 Å². The van der Waals surface area contributed by atoms with Gasteiger partial charge in [0.2, 0.25) is 0 Å². The zero-order valence-corrected chi connectivity index (χ0v) is 12.5. The van der Waals surface area contributed by atoms with Gasteiger partial charge in [-0.2, -0.15) is 0 Å². The Labute approximate surface area is 116 Å². The van der Waals surface area contributed by atoms with Crippen LogP contribution in [0.3, 0.4) is 0 Å². The summed E-state index contributed by atoms with van der Waals surface area (Å²) in [7, 11) is 0. The molecule has 1 N–H and O–H groups in total. The van der Waals surface area contributed by atoms with Crippen LogP contribution in [0.1, 0.15) is 53.4 Å². The predicted octanol–water partition coefficient (Wildman–Crippen LogP) is 2.88. The number of alkyl carbamates (subject to hydrolysis) is 1. The van der Waals surface area contributed by atoms with Gasteiger partial charge in [0.15, 0.2) is 0 Å². The molecule has 0 saturated heterocycles. The Kier molecular flexibility index (Phi) is 9.94. The molecule has 0 fully saturated rings. The summed E-state index contributed by atoms with van der Waals surface area (Å²) < 4.78 is 9.93. The Bertz CT molecular complexity index is 268. The molecule has 112 valence electrons. The zero-order chi connectivity index (χ0) is 14.7. The van der Waals surface area contributed by atoms with E-state index >= 15 is 0 Å². The normalized spacial score (nSPS) is 13.5. The maximum Gasteiger partial charge on any atom is 0.407 e. The molecule has 0 heterocycles. The lowest BCUT2D eigenvalue weighted by Crippen LogP contribution is -2.40. The second-order valence-electron chi connectivity index (χ2n) is 4.63. The number of esters is 1. The quantitative estimate of drug-likeness (QED) is 0.656. The molecule has 0 aromatic carbocycles. The number of rotatable bonds is 9. The van der Waals surface area contributed by atoms with E-state index in [1.807, 2.05) is 0 Å². The van der Waals surface area contributed by atoms with Crippen LogP contribution < -0.4 is 5.32 Å². The first kappa shape index (κ1) is 17.7. The molecule has 2 unspecified atom stereocenters. The topological polar surface area (TPSA) is 64.6 Å². The molecule has 0 rings (SSSR count). The van der Waals surface area contributed by atoms with Crippen molar-refractivity contribution in [3.63, 3.8) is 0 Å². The van der Waals surface area contributed by atoms with Gasteiger partial charge < -0.3 is 14.8 Å². The molecule has 2 atom stereocenters. The average Bonchev–Trinajstić information content (AvgIpc) is 2.39. The van der Waals surface area contributed by atoms with Gasteiger partial charge in [0.1, 0.15) is 6.04 Å². The van der Waals surface area contributed by atoms with Gasteiger partial charge in [-0.3, -0.25) is 0 Å². The Morgan fingerprint density at radius 1 is 1.16 bits per heavy atom. The van der Waals surface area contributed by atoms with Crippen LogP contribution >= 0.6 is 0 Å². The first-order valence-electron chi connectivity index (χ1n) is 7.14. The maximum atomic E-state index is 11.5. The lowest BCUT2D eigenvalue weighted by Gasteiger charge is -2.16. The summed E-state index contributed by atoms with van der Waals surface area (Å²) in [6.07, 6.45) is 3.77. The molecule has 0 aliphatic heterocycles. The van der Waals surface area contributed by atoms with Crippen LogP contribution in [0.15, 0.2) is 0 Å². The molecule has 0 radical (unpaired) electrons. The van der Waals surface area contributed by atoms with Crippen molar-refractivity contribution in [2.45, 2.75) is 59.4 Å². The summed E-state index contributed by atoms with van der Waals surface area (Å²) in [5.74, 6) is -0.0546. The fourth-order valence-corrected chi connectivity index (χ4v) is 1.64. The first-order chi connectivity index (χ1) is 9.04. The van der Waals surface area contributed by atoms with Crippen molar-refractivity contribution in [1.82, 2.24) is 5.32 Å². The number of carbonyl (C=O) groups excluding carboxylic acids is 2. The third kappa shape index (κ3) is 8.46. The molecular formula is C14H27NO4. The fraction of sp³-hybridized carbons (Fsp3) is 0.857. The summed E-state index contributed by atoms with van der Waals surface area (Å²) in [5, 5.41) is 2.46. The number of carbonyl (C=O) groups is 2. The molecular weight excluding hydrogens is 246 g/mol. The molecule has 19 heavy (non-hydrogen) atoms. The van der Waals surface area contributed by atoms with Crippen LogP contribution in [0.5, 0.6) is 0 Å². The monoisotopic (exact) mass is 273 g/mol. The largest absolute Gasteiger partial charge is 0.464 e. The molecule has 0 spiro atoms. The van der Waals surface area contributed by atoms with Crippen molar-refractivity contribution < 1.29 is 19.1 Å². The van der Waals surface area contributed by atoms with E-state index in [9.17, 15) is 9.59 Å². The maximum absolute atomic E-state index is 11.5. The number of nitrogens with one attached hydrogen (secondary N) is 1. The standard InChI is InChI=1S/C14H27NO4/c1-5-8-9-12(6-2)10-19-14(17)15-11(4)13(16)18-7-3/h11-12H,5-10H2,1-4H3,(H,15,17). The third-order valence-electron chi connectivity index (χ3n) is 2.97. The van der Waals surface area contributed by atoms with Crippen LogP contribution in [0.25, 0.3) is 0 Å². The van der Waals surface area contributed by atoms with Gasteiger partial charge in [-0.05, 0) is 26.2 Å². The summed E-state index contributed by atoms with van der Waals surface area (Å²) in [4.78, 5) is 22.8. The summed E-state index contributed by atoms with van der Waals surface area (Å²) >= 11 is 0. The lowest BCUT2D eigenvalue weighted by atomic mass is 10.0. The van der Waals surface area contributed by atoms with E-state index in [4.69, 9.17) is 9.47 Å². The van der Waals surface area contributed by atoms with E-state index in [-0.39, 0.29) is 0 Å². The highest BCUT2D eigenvalue weighted by Gasteiger charge is 2.18. The average molecular weight is 273 g/mol. The number of hydrogen-bond acceptors (Lipinski definition) is 4. The van der Waals surface area contributed by atoms with Gasteiger partial charge in [0, 0.05) is 0 Å². The molecule has 0 aliphatic carbocycles. The summed E-state index contributed by atoms with van der Waals surface area (Å²) in [6.45, 7) is 8.23. The van der Waals surface area contributed by atoms with Gasteiger partial charge in [0.25, 0.3) is 0 Å². The SMILES string of the molecule is CCCCC(CC)COC(=O)NC(C)C(=O)OCC. The van der Waals surface area contributed by atoms with E-state index in [1.54, 1.807) is 13.8 Å². The second kappa shape index (κ2) is 10.6. The minimum atomic E-state index is -0.678. The Hall–Kier alpha value is -1.26. The highest BCUT2D eigenvalue weighted by atomic mass is 16.6. The van der Waals surface area contributed by atoms with E-state index in [2.05, 4.69) is 19.2 Å². The highest BCUT2D eigenvalue weighted by Crippen LogP contribution is 2.12. The number of amides is 1. The van der Waals surface area contributed by atoms with Gasteiger partial charge in [-0.25, -0.2) is 9.59 Å². The summed E-state index contributed by atoms with van der Waals surface area (Å²) in [6, 6.07) is -0.678. The summed E-state index contributed by atoms with van der Waals surface area (Å²) in [5.41, 5.74) is 0. The molecule has 5 nitrogen and oxygen atoms in total. The minimum absolute atomic E-state index is 0.300. The lowest BCUT2D eigenvalue weighted by molar-refractivity contribution is -0.145. The Morgan fingerprint density at radius 2 is 1.84 bits per heavy atom. The third-order valence-corrected chi connectivity index (χ3v) is 2.97. The highest BCUT2D eigenvalue weighted by molar-refractivity contribution is 5.80. The first-order valence-corrected chi connectivity index (χ1v) is 7.14. The molecule has 0 aliphatic rings. The predicted molar refractivity (Wildman–Crippen MR) is 73.9 cm³/mol. The minimum Gasteiger partial charge on any atom is -0.464 e. The zero-order valence-electron chi connectivity index (χ0n) is 12.5. The number of hydrogen-bond donors (Lipinski definition) is 1. The number of ether oxygens (including phenoxy) is 2. The Balaban J connectivity index is 3.93. The fourth-order valence-electron chi connectivity index (χ4n) is 1.64. The molecule has 0 bridgehead atoms. The van der Waals surface area contributed by atoms with Gasteiger partial charge >= 0.3 is 12.1 Å². The van der Waals surface area contributed by atoms with Crippen LogP contribution in [-0.4, -0.2) is 31.3 Å². The van der Waals surface area contributed by atoms with Gasteiger partial charge in [-0.1, -0.05) is 33.1 Å². The van der Waals surface area contributed by atoms with Crippen LogP contribution in [0.4, 0.5) is 4.79 Å². The van der Waals surface area contributed by atoms with E-state index in [1.165, 1.54) is 0 Å². The van der Waals surface area contributed by atoms with Crippen molar-refractivity contribution in [3.05, 3.63) is 0 Å². The smallest absolute Gasteiger partial charge is 0.407 e. The number of unbranched alkanes of at least 4 members (excludes halogenated alkanes) is 1.